The molecule has 1 amide bonds. The fourth-order valence-electron chi connectivity index (χ4n) is 5.50. The molecule has 5 rings (SSSR count). The van der Waals surface area contributed by atoms with E-state index in [1.54, 1.807) is 13.3 Å². The van der Waals surface area contributed by atoms with Crippen LogP contribution in [0.25, 0.3) is 10.8 Å². The van der Waals surface area contributed by atoms with Crippen molar-refractivity contribution in [2.75, 3.05) is 56.7 Å². The maximum Gasteiger partial charge on any atom is 0.229 e. The number of rotatable bonds is 6. The first kappa shape index (κ1) is 24.7. The number of benzene rings is 1. The van der Waals surface area contributed by atoms with Crippen molar-refractivity contribution in [2.45, 2.75) is 44.4 Å². The van der Waals surface area contributed by atoms with Crippen LogP contribution in [0.15, 0.2) is 24.4 Å². The number of aliphatic hydroxyl groups excluding tert-OH is 1. The van der Waals surface area contributed by atoms with Gasteiger partial charge in [0.15, 0.2) is 0 Å². The van der Waals surface area contributed by atoms with Gasteiger partial charge in [-0.1, -0.05) is 11.6 Å². The quantitative estimate of drug-likeness (QED) is 0.627. The Morgan fingerprint density at radius 2 is 2.00 bits per heavy atom. The number of anilines is 2. The van der Waals surface area contributed by atoms with Crippen LogP contribution in [0.4, 0.5) is 11.5 Å². The average Bonchev–Trinajstić information content (AvgIpc) is 3.59. The third kappa shape index (κ3) is 4.62. The van der Waals surface area contributed by atoms with E-state index in [1.807, 2.05) is 26.0 Å². The number of halogens is 1. The number of fused-ring (bicyclic) bond motifs is 1. The van der Waals surface area contributed by atoms with E-state index in [-0.39, 0.29) is 28.9 Å². The average molecular weight is 503 g/mol. The van der Waals surface area contributed by atoms with E-state index in [4.69, 9.17) is 21.1 Å². The molecule has 9 heteroatoms. The maximum absolute atomic E-state index is 12.8. The van der Waals surface area contributed by atoms with Gasteiger partial charge in [0.1, 0.15) is 5.82 Å². The number of pyridine rings is 1. The van der Waals surface area contributed by atoms with E-state index in [0.29, 0.717) is 24.1 Å². The van der Waals surface area contributed by atoms with Crippen molar-refractivity contribution in [2.24, 2.45) is 11.8 Å². The van der Waals surface area contributed by atoms with Gasteiger partial charge in [0.25, 0.3) is 0 Å². The normalized spacial score (nSPS) is 29.5. The molecule has 1 aromatic heterocycles. The number of methoxy groups -OCH3 is 1. The molecular formula is C26H35ClN4O4. The Hall–Kier alpha value is -1.97. The molecule has 2 aromatic rings. The lowest BCUT2D eigenvalue weighted by atomic mass is 9.95. The van der Waals surface area contributed by atoms with Crippen molar-refractivity contribution in [3.05, 3.63) is 29.4 Å². The smallest absolute Gasteiger partial charge is 0.229 e. The summed E-state index contributed by atoms with van der Waals surface area (Å²) in [5.41, 5.74) is 0.325. The first-order valence-electron chi connectivity index (χ1n) is 12.3. The number of hydrogen-bond acceptors (Lipinski definition) is 7. The second-order valence-corrected chi connectivity index (χ2v) is 11.2. The van der Waals surface area contributed by atoms with Crippen LogP contribution in [0.5, 0.6) is 0 Å². The summed E-state index contributed by atoms with van der Waals surface area (Å²) in [6.07, 6.45) is 2.12. The molecule has 0 bridgehead atoms. The third-order valence-corrected chi connectivity index (χ3v) is 8.62. The van der Waals surface area contributed by atoms with Crippen LogP contribution >= 0.6 is 11.6 Å². The first-order valence-corrected chi connectivity index (χ1v) is 12.7. The Labute approximate surface area is 211 Å². The van der Waals surface area contributed by atoms with Gasteiger partial charge in [-0.25, -0.2) is 4.98 Å². The zero-order valence-electron chi connectivity index (χ0n) is 20.9. The maximum atomic E-state index is 12.8. The second kappa shape index (κ2) is 9.16. The number of nitrogens with zero attached hydrogens (tertiary/aromatic N) is 3. The molecule has 8 nitrogen and oxygen atoms in total. The van der Waals surface area contributed by atoms with Crippen LogP contribution in [0.2, 0.25) is 5.02 Å². The van der Waals surface area contributed by atoms with E-state index >= 15 is 0 Å². The molecule has 2 N–H and O–H groups in total. The molecule has 2 aliphatic heterocycles. The van der Waals surface area contributed by atoms with Crippen LogP contribution in [0.1, 0.15) is 27.2 Å². The number of carbonyl (C=O) groups excluding carboxylic acids is 1. The number of aromatic nitrogens is 1. The highest BCUT2D eigenvalue weighted by atomic mass is 35.5. The van der Waals surface area contributed by atoms with Gasteiger partial charge in [-0.05, 0) is 56.7 Å². The molecule has 35 heavy (non-hydrogen) atoms. The van der Waals surface area contributed by atoms with Crippen molar-refractivity contribution in [1.82, 2.24) is 9.88 Å². The topological polar surface area (TPSA) is 87.2 Å². The van der Waals surface area contributed by atoms with Gasteiger partial charge in [0.05, 0.1) is 41.2 Å². The number of carbonyl (C=O) groups is 1. The van der Waals surface area contributed by atoms with Gasteiger partial charge in [-0.3, -0.25) is 9.69 Å². The highest BCUT2D eigenvalue weighted by molar-refractivity contribution is 6.34. The van der Waals surface area contributed by atoms with Crippen molar-refractivity contribution in [3.63, 3.8) is 0 Å². The highest BCUT2D eigenvalue weighted by Crippen LogP contribution is 2.48. The summed E-state index contributed by atoms with van der Waals surface area (Å²) in [4.78, 5) is 21.8. The Bertz CT molecular complexity index is 1120. The summed E-state index contributed by atoms with van der Waals surface area (Å²) in [6.45, 7) is 10.3. The molecule has 4 atom stereocenters. The molecule has 0 spiro atoms. The zero-order valence-corrected chi connectivity index (χ0v) is 21.6. The number of amides is 1. The summed E-state index contributed by atoms with van der Waals surface area (Å²) < 4.78 is 11.1. The predicted octanol–water partition coefficient (Wildman–Crippen LogP) is 3.16. The minimum Gasteiger partial charge on any atom is -0.389 e. The minimum atomic E-state index is -0.467. The van der Waals surface area contributed by atoms with Gasteiger partial charge in [0, 0.05) is 50.8 Å². The first-order chi connectivity index (χ1) is 16.6. The van der Waals surface area contributed by atoms with E-state index in [1.165, 1.54) is 0 Å². The summed E-state index contributed by atoms with van der Waals surface area (Å²) >= 11 is 6.67. The standard InChI is InChI=1S/C26H35ClN4O4/c1-25(2,34-4)19-12-18(19)24(33)29-23-11-16-10-21(20(27)9-17(16)13-28-23)30-5-7-31(8-6-30)26(3)15-35-14-22(26)32/h9-11,13,18-19,22,32H,5-8,12,14-15H2,1-4H3,(H,28,29,33)/t18-,19-,22-,26+/m0/s1. The number of piperazine rings is 1. The molecule has 1 aromatic carbocycles. The second-order valence-electron chi connectivity index (χ2n) is 10.8. The van der Waals surface area contributed by atoms with Crippen LogP contribution in [0, 0.1) is 11.8 Å². The highest BCUT2D eigenvalue weighted by Gasteiger charge is 2.52. The van der Waals surface area contributed by atoms with Crippen LogP contribution in [-0.4, -0.2) is 84.6 Å². The van der Waals surface area contributed by atoms with Crippen molar-refractivity contribution in [1.29, 1.82) is 0 Å². The van der Waals surface area contributed by atoms with E-state index < -0.39 is 6.10 Å². The Morgan fingerprint density at radius 3 is 2.66 bits per heavy atom. The molecule has 3 fully saturated rings. The third-order valence-electron chi connectivity index (χ3n) is 8.32. The van der Waals surface area contributed by atoms with Crippen molar-refractivity contribution < 1.29 is 19.4 Å². The van der Waals surface area contributed by atoms with Crippen LogP contribution in [0.3, 0.4) is 0 Å². The molecular weight excluding hydrogens is 468 g/mol. The lowest BCUT2D eigenvalue weighted by Gasteiger charge is -2.45. The molecule has 2 saturated heterocycles. The van der Waals surface area contributed by atoms with Gasteiger partial charge < -0.3 is 24.8 Å². The van der Waals surface area contributed by atoms with E-state index in [9.17, 15) is 9.90 Å². The van der Waals surface area contributed by atoms with E-state index in [0.717, 1.165) is 49.1 Å². The molecule has 0 radical (unpaired) electrons. The van der Waals surface area contributed by atoms with Crippen molar-refractivity contribution >= 4 is 39.8 Å². The fraction of sp³-hybridized carbons (Fsp3) is 0.615. The predicted molar refractivity (Wildman–Crippen MR) is 137 cm³/mol. The Balaban J connectivity index is 1.28. The molecule has 1 saturated carbocycles. The molecule has 3 aliphatic rings. The number of nitrogens with one attached hydrogen (secondary N) is 1. The van der Waals surface area contributed by atoms with E-state index in [2.05, 4.69) is 33.1 Å². The van der Waals surface area contributed by atoms with Gasteiger partial charge >= 0.3 is 0 Å². The lowest BCUT2D eigenvalue weighted by molar-refractivity contribution is -0.118. The van der Waals surface area contributed by atoms with Crippen molar-refractivity contribution in [3.8, 4) is 0 Å². The number of ether oxygens (including phenoxy) is 2. The largest absolute Gasteiger partial charge is 0.389 e. The van der Waals surface area contributed by atoms with Gasteiger partial charge in [0.2, 0.25) is 5.91 Å². The SMILES string of the molecule is COC(C)(C)[C@H]1C[C@@H]1C(=O)Nc1cc2cc(N3CCN([C@]4(C)COC[C@@H]4O)CC3)c(Cl)cc2cn1. The molecule has 190 valence electrons. The summed E-state index contributed by atoms with van der Waals surface area (Å²) in [5.74, 6) is 0.704. The van der Waals surface area contributed by atoms with Crippen LogP contribution in [-0.2, 0) is 14.3 Å². The summed E-state index contributed by atoms with van der Waals surface area (Å²) in [6, 6.07) is 5.92. The molecule has 0 unspecified atom stereocenters. The Morgan fingerprint density at radius 1 is 1.26 bits per heavy atom. The van der Waals surface area contributed by atoms with Gasteiger partial charge in [-0.15, -0.1) is 0 Å². The summed E-state index contributed by atoms with van der Waals surface area (Å²) in [7, 11) is 1.69. The lowest BCUT2D eigenvalue weighted by Crippen LogP contribution is -2.60. The van der Waals surface area contributed by atoms with Gasteiger partial charge in [-0.2, -0.15) is 0 Å². The fourth-order valence-corrected chi connectivity index (χ4v) is 5.79. The van der Waals surface area contributed by atoms with Crippen LogP contribution < -0.4 is 10.2 Å². The number of hydrogen-bond donors (Lipinski definition) is 2. The Kier molecular flexibility index (Phi) is 6.47. The zero-order chi connectivity index (χ0) is 25.0. The summed E-state index contributed by atoms with van der Waals surface area (Å²) in [5, 5.41) is 16.0. The minimum absolute atomic E-state index is 0.0103. The number of aliphatic hydroxyl groups is 1. The molecule has 3 heterocycles. The molecule has 1 aliphatic carbocycles. The monoisotopic (exact) mass is 502 g/mol.